The van der Waals surface area contributed by atoms with Crippen LogP contribution in [-0.4, -0.2) is 12.1 Å². The first-order valence-corrected chi connectivity index (χ1v) is 4.91. The first-order valence-electron chi connectivity index (χ1n) is 4.53. The van der Waals surface area contributed by atoms with Crippen molar-refractivity contribution in [3.05, 3.63) is 29.0 Å². The molecule has 0 aromatic heterocycles. The lowest BCUT2D eigenvalue weighted by Crippen LogP contribution is -2.43. The highest BCUT2D eigenvalue weighted by molar-refractivity contribution is 6.30. The SMILES string of the molecule is NC1CC(Oc2cccc(Cl)c2F)C1. The van der Waals surface area contributed by atoms with Crippen molar-refractivity contribution in [2.45, 2.75) is 25.0 Å². The normalized spacial score (nSPS) is 25.6. The van der Waals surface area contributed by atoms with Crippen LogP contribution in [0.1, 0.15) is 12.8 Å². The molecule has 0 unspecified atom stereocenters. The van der Waals surface area contributed by atoms with Crippen molar-refractivity contribution >= 4 is 11.6 Å². The van der Waals surface area contributed by atoms with E-state index < -0.39 is 5.82 Å². The van der Waals surface area contributed by atoms with Gasteiger partial charge in [-0.3, -0.25) is 0 Å². The van der Waals surface area contributed by atoms with Gasteiger partial charge in [0.1, 0.15) is 6.10 Å². The maximum Gasteiger partial charge on any atom is 0.183 e. The molecule has 0 spiro atoms. The summed E-state index contributed by atoms with van der Waals surface area (Å²) >= 11 is 5.61. The number of hydrogen-bond donors (Lipinski definition) is 1. The molecule has 0 bridgehead atoms. The van der Waals surface area contributed by atoms with E-state index in [1.54, 1.807) is 12.1 Å². The third-order valence-corrected chi connectivity index (χ3v) is 2.63. The van der Waals surface area contributed by atoms with Gasteiger partial charge in [0, 0.05) is 6.04 Å². The van der Waals surface area contributed by atoms with E-state index in [0.29, 0.717) is 0 Å². The topological polar surface area (TPSA) is 35.2 Å². The van der Waals surface area contributed by atoms with Crippen molar-refractivity contribution in [3.63, 3.8) is 0 Å². The van der Waals surface area contributed by atoms with Crippen LogP contribution in [0.25, 0.3) is 0 Å². The van der Waals surface area contributed by atoms with Gasteiger partial charge >= 0.3 is 0 Å². The summed E-state index contributed by atoms with van der Waals surface area (Å²) in [6.45, 7) is 0. The van der Waals surface area contributed by atoms with E-state index >= 15 is 0 Å². The fourth-order valence-electron chi connectivity index (χ4n) is 1.46. The molecule has 4 heteroatoms. The third kappa shape index (κ3) is 1.83. The Hall–Kier alpha value is -0.800. The maximum absolute atomic E-state index is 13.3. The second kappa shape index (κ2) is 3.75. The Balaban J connectivity index is 2.06. The van der Waals surface area contributed by atoms with Crippen LogP contribution in [0.15, 0.2) is 18.2 Å². The Morgan fingerprint density at radius 2 is 2.14 bits per heavy atom. The van der Waals surface area contributed by atoms with E-state index in [-0.39, 0.29) is 22.9 Å². The lowest BCUT2D eigenvalue weighted by Gasteiger charge is -2.32. The Morgan fingerprint density at radius 1 is 1.43 bits per heavy atom. The van der Waals surface area contributed by atoms with Crippen molar-refractivity contribution in [2.24, 2.45) is 5.73 Å². The number of benzene rings is 1. The molecule has 0 amide bonds. The molecule has 1 aliphatic carbocycles. The Morgan fingerprint density at radius 3 is 2.79 bits per heavy atom. The second-order valence-corrected chi connectivity index (χ2v) is 3.93. The predicted molar refractivity (Wildman–Crippen MR) is 53.0 cm³/mol. The molecule has 14 heavy (non-hydrogen) atoms. The minimum Gasteiger partial charge on any atom is -0.487 e. The van der Waals surface area contributed by atoms with E-state index in [4.69, 9.17) is 22.1 Å². The minimum absolute atomic E-state index is 0.0398. The third-order valence-electron chi connectivity index (χ3n) is 2.34. The molecule has 0 saturated heterocycles. The monoisotopic (exact) mass is 215 g/mol. The van der Waals surface area contributed by atoms with Crippen LogP contribution >= 0.6 is 11.6 Å². The molecule has 0 heterocycles. The smallest absolute Gasteiger partial charge is 0.183 e. The maximum atomic E-state index is 13.3. The molecule has 0 aliphatic heterocycles. The standard InChI is InChI=1S/C10H11ClFNO/c11-8-2-1-3-9(10(8)12)14-7-4-6(13)5-7/h1-3,6-7H,4-5,13H2. The average molecular weight is 216 g/mol. The van der Waals surface area contributed by atoms with Crippen molar-refractivity contribution in [1.82, 2.24) is 0 Å². The van der Waals surface area contributed by atoms with Crippen molar-refractivity contribution in [1.29, 1.82) is 0 Å². The van der Waals surface area contributed by atoms with Gasteiger partial charge in [0.2, 0.25) is 0 Å². The largest absolute Gasteiger partial charge is 0.487 e. The van der Waals surface area contributed by atoms with Gasteiger partial charge in [-0.1, -0.05) is 17.7 Å². The van der Waals surface area contributed by atoms with Crippen LogP contribution in [0.5, 0.6) is 5.75 Å². The van der Waals surface area contributed by atoms with Crippen LogP contribution in [0.3, 0.4) is 0 Å². The van der Waals surface area contributed by atoms with Gasteiger partial charge in [-0.25, -0.2) is 4.39 Å². The Bertz CT molecular complexity index is 339. The predicted octanol–water partition coefficient (Wildman–Crippen LogP) is 2.35. The number of ether oxygens (including phenoxy) is 1. The molecule has 1 aliphatic rings. The van der Waals surface area contributed by atoms with Gasteiger partial charge in [-0.2, -0.15) is 0 Å². The second-order valence-electron chi connectivity index (χ2n) is 3.52. The molecule has 0 atom stereocenters. The molecule has 0 radical (unpaired) electrons. The zero-order chi connectivity index (χ0) is 10.1. The lowest BCUT2D eigenvalue weighted by molar-refractivity contribution is 0.0963. The molecule has 2 nitrogen and oxygen atoms in total. The number of hydrogen-bond acceptors (Lipinski definition) is 2. The first-order chi connectivity index (χ1) is 6.66. The van der Waals surface area contributed by atoms with Crippen molar-refractivity contribution in [3.8, 4) is 5.75 Å². The minimum atomic E-state index is -0.491. The Labute approximate surface area is 86.8 Å². The number of rotatable bonds is 2. The van der Waals surface area contributed by atoms with Gasteiger partial charge in [-0.05, 0) is 25.0 Å². The zero-order valence-corrected chi connectivity index (χ0v) is 8.30. The molecule has 2 N–H and O–H groups in total. The van der Waals surface area contributed by atoms with E-state index in [9.17, 15) is 4.39 Å². The summed E-state index contributed by atoms with van der Waals surface area (Å²) in [4.78, 5) is 0. The summed E-state index contributed by atoms with van der Waals surface area (Å²) in [6.07, 6.45) is 1.61. The molecular weight excluding hydrogens is 205 g/mol. The van der Waals surface area contributed by atoms with Crippen LogP contribution < -0.4 is 10.5 Å². The van der Waals surface area contributed by atoms with Gasteiger partial charge in [0.15, 0.2) is 11.6 Å². The lowest BCUT2D eigenvalue weighted by atomic mass is 9.90. The molecule has 1 aromatic rings. The summed E-state index contributed by atoms with van der Waals surface area (Å²) < 4.78 is 18.7. The van der Waals surface area contributed by atoms with Crippen LogP contribution in [0.4, 0.5) is 4.39 Å². The van der Waals surface area contributed by atoms with E-state index in [1.165, 1.54) is 6.07 Å². The van der Waals surface area contributed by atoms with E-state index in [0.717, 1.165) is 12.8 Å². The van der Waals surface area contributed by atoms with Gasteiger partial charge < -0.3 is 10.5 Å². The molecule has 1 aromatic carbocycles. The first kappa shape index (κ1) is 9.74. The van der Waals surface area contributed by atoms with Gasteiger partial charge in [0.05, 0.1) is 5.02 Å². The summed E-state index contributed by atoms with van der Waals surface area (Å²) in [5.41, 5.74) is 5.59. The highest BCUT2D eigenvalue weighted by Gasteiger charge is 2.28. The van der Waals surface area contributed by atoms with Gasteiger partial charge in [-0.15, -0.1) is 0 Å². The highest BCUT2D eigenvalue weighted by atomic mass is 35.5. The van der Waals surface area contributed by atoms with Crippen LogP contribution in [-0.2, 0) is 0 Å². The molecule has 1 saturated carbocycles. The average Bonchev–Trinajstić information content (AvgIpc) is 2.10. The fraction of sp³-hybridized carbons (Fsp3) is 0.400. The zero-order valence-electron chi connectivity index (χ0n) is 7.54. The summed E-state index contributed by atoms with van der Waals surface area (Å²) in [5.74, 6) is -0.274. The molecule has 2 rings (SSSR count). The quantitative estimate of drug-likeness (QED) is 0.822. The van der Waals surface area contributed by atoms with E-state index in [2.05, 4.69) is 0 Å². The number of halogens is 2. The van der Waals surface area contributed by atoms with Crippen molar-refractivity contribution in [2.75, 3.05) is 0 Å². The number of nitrogens with two attached hydrogens (primary N) is 1. The molecule has 76 valence electrons. The van der Waals surface area contributed by atoms with Crippen LogP contribution in [0, 0.1) is 5.82 Å². The highest BCUT2D eigenvalue weighted by Crippen LogP contribution is 2.29. The summed E-state index contributed by atoms with van der Waals surface area (Å²) in [7, 11) is 0. The summed E-state index contributed by atoms with van der Waals surface area (Å²) in [6, 6.07) is 4.93. The fourth-order valence-corrected chi connectivity index (χ4v) is 1.62. The van der Waals surface area contributed by atoms with Crippen molar-refractivity contribution < 1.29 is 9.13 Å². The molecular formula is C10H11ClFNO. The van der Waals surface area contributed by atoms with Crippen LogP contribution in [0.2, 0.25) is 5.02 Å². The Kier molecular flexibility index (Phi) is 2.61. The molecule has 1 fully saturated rings. The van der Waals surface area contributed by atoms with E-state index in [1.807, 2.05) is 0 Å². The van der Waals surface area contributed by atoms with Gasteiger partial charge in [0.25, 0.3) is 0 Å². The summed E-state index contributed by atoms with van der Waals surface area (Å²) in [5, 5.41) is 0.0890.